The quantitative estimate of drug-likeness (QED) is 0.725. The van der Waals surface area contributed by atoms with Crippen LogP contribution in [0.2, 0.25) is 0 Å². The summed E-state index contributed by atoms with van der Waals surface area (Å²) < 4.78 is 0. The van der Waals surface area contributed by atoms with Gasteiger partial charge in [0.2, 0.25) is 0 Å². The monoisotopic (exact) mass is 184 g/mol. The summed E-state index contributed by atoms with van der Waals surface area (Å²) in [5.74, 6) is 0.897. The first kappa shape index (κ1) is 11.0. The molecule has 1 rings (SSSR count). The molecule has 1 unspecified atom stereocenters. The Kier molecular flexibility index (Phi) is 4.74. The van der Waals surface area contributed by atoms with Crippen LogP contribution in [-0.4, -0.2) is 30.6 Å². The van der Waals surface area contributed by atoms with Crippen LogP contribution in [-0.2, 0) is 0 Å². The Bertz CT molecular complexity index is 134. The lowest BCUT2D eigenvalue weighted by Gasteiger charge is -2.24. The molecule has 0 saturated carbocycles. The lowest BCUT2D eigenvalue weighted by molar-refractivity contribution is 0.227. The predicted octanol–water partition coefficient (Wildman–Crippen LogP) is 1.85. The number of rotatable bonds is 3. The van der Waals surface area contributed by atoms with E-state index in [1.54, 1.807) is 0 Å². The smallest absolute Gasteiger partial charge is 0.00385 e. The van der Waals surface area contributed by atoms with Crippen LogP contribution in [0.15, 0.2) is 0 Å². The van der Waals surface area contributed by atoms with E-state index in [4.69, 9.17) is 5.73 Å². The molecule has 0 aliphatic carbocycles. The van der Waals surface area contributed by atoms with E-state index in [2.05, 4.69) is 18.7 Å². The number of hydrogen-bond donors (Lipinski definition) is 1. The molecule has 2 nitrogen and oxygen atoms in total. The largest absolute Gasteiger partial charge is 0.330 e. The molecule has 2 heteroatoms. The van der Waals surface area contributed by atoms with Gasteiger partial charge in [-0.1, -0.05) is 0 Å². The van der Waals surface area contributed by atoms with Gasteiger partial charge in [0.15, 0.2) is 0 Å². The normalized spacial score (nSPS) is 26.3. The summed E-state index contributed by atoms with van der Waals surface area (Å²) in [4.78, 5) is 2.59. The van der Waals surface area contributed by atoms with Gasteiger partial charge in [-0.2, -0.15) is 0 Å². The molecular formula is C11H24N2. The maximum atomic E-state index is 5.59. The molecular weight excluding hydrogens is 160 g/mol. The lowest BCUT2D eigenvalue weighted by atomic mass is 9.97. The molecule has 0 bridgehead atoms. The van der Waals surface area contributed by atoms with Crippen LogP contribution in [0.1, 0.15) is 39.5 Å². The van der Waals surface area contributed by atoms with Gasteiger partial charge in [-0.3, -0.25) is 0 Å². The van der Waals surface area contributed by atoms with Gasteiger partial charge in [0.05, 0.1) is 0 Å². The Morgan fingerprint density at radius 1 is 1.31 bits per heavy atom. The van der Waals surface area contributed by atoms with Crippen LogP contribution in [0.25, 0.3) is 0 Å². The molecule has 13 heavy (non-hydrogen) atoms. The molecule has 78 valence electrons. The summed E-state index contributed by atoms with van der Waals surface area (Å²) >= 11 is 0. The van der Waals surface area contributed by atoms with Crippen LogP contribution in [0.4, 0.5) is 0 Å². The van der Waals surface area contributed by atoms with E-state index >= 15 is 0 Å². The fourth-order valence-corrected chi connectivity index (χ4v) is 2.23. The van der Waals surface area contributed by atoms with E-state index in [0.29, 0.717) is 0 Å². The predicted molar refractivity (Wildman–Crippen MR) is 57.7 cm³/mol. The van der Waals surface area contributed by atoms with Crippen LogP contribution in [0, 0.1) is 5.92 Å². The highest BCUT2D eigenvalue weighted by Crippen LogP contribution is 2.20. The zero-order valence-corrected chi connectivity index (χ0v) is 9.13. The molecule has 0 aromatic carbocycles. The molecule has 1 aliphatic rings. The third kappa shape index (κ3) is 3.65. The van der Waals surface area contributed by atoms with E-state index < -0.39 is 0 Å². The fourth-order valence-electron chi connectivity index (χ4n) is 2.23. The van der Waals surface area contributed by atoms with Gasteiger partial charge in [-0.05, 0) is 65.1 Å². The molecule has 0 aromatic heterocycles. The molecule has 2 N–H and O–H groups in total. The molecule has 1 fully saturated rings. The molecule has 0 aromatic rings. The molecule has 1 atom stereocenters. The van der Waals surface area contributed by atoms with Crippen molar-refractivity contribution < 1.29 is 0 Å². The van der Waals surface area contributed by atoms with Crippen molar-refractivity contribution in [2.75, 3.05) is 19.6 Å². The van der Waals surface area contributed by atoms with Gasteiger partial charge in [0.25, 0.3) is 0 Å². The second-order valence-electron chi connectivity index (χ2n) is 4.50. The van der Waals surface area contributed by atoms with Gasteiger partial charge in [-0.15, -0.1) is 0 Å². The number of likely N-dealkylation sites (tertiary alicyclic amines) is 1. The Labute approximate surface area is 82.5 Å². The van der Waals surface area contributed by atoms with Gasteiger partial charge in [-0.25, -0.2) is 0 Å². The van der Waals surface area contributed by atoms with Crippen LogP contribution >= 0.6 is 0 Å². The minimum atomic E-state index is 0.719. The topological polar surface area (TPSA) is 29.3 Å². The average Bonchev–Trinajstić information content (AvgIpc) is 2.30. The Morgan fingerprint density at radius 3 is 2.69 bits per heavy atom. The van der Waals surface area contributed by atoms with Gasteiger partial charge in [0, 0.05) is 6.04 Å². The Morgan fingerprint density at radius 2 is 2.08 bits per heavy atom. The molecule has 0 amide bonds. The first-order chi connectivity index (χ1) is 6.24. The van der Waals surface area contributed by atoms with Crippen molar-refractivity contribution in [3.63, 3.8) is 0 Å². The van der Waals surface area contributed by atoms with Gasteiger partial charge < -0.3 is 10.6 Å². The van der Waals surface area contributed by atoms with Crippen molar-refractivity contribution in [3.8, 4) is 0 Å². The lowest BCUT2D eigenvalue weighted by Crippen LogP contribution is -2.31. The second-order valence-corrected chi connectivity index (χ2v) is 4.50. The summed E-state index contributed by atoms with van der Waals surface area (Å²) in [6.45, 7) is 8.03. The first-order valence-corrected chi connectivity index (χ1v) is 5.68. The third-order valence-electron chi connectivity index (χ3n) is 3.19. The zero-order valence-electron chi connectivity index (χ0n) is 9.13. The number of nitrogens with zero attached hydrogens (tertiary/aromatic N) is 1. The van der Waals surface area contributed by atoms with Crippen LogP contribution < -0.4 is 5.73 Å². The second kappa shape index (κ2) is 5.61. The number of hydrogen-bond acceptors (Lipinski definition) is 2. The highest BCUT2D eigenvalue weighted by molar-refractivity contribution is 4.72. The van der Waals surface area contributed by atoms with E-state index in [1.807, 2.05) is 0 Å². The molecule has 1 saturated heterocycles. The minimum absolute atomic E-state index is 0.719. The summed E-state index contributed by atoms with van der Waals surface area (Å²) in [7, 11) is 0. The SMILES string of the molecule is CC(C)N1CCCC(CCN)CC1. The Balaban J connectivity index is 2.30. The molecule has 0 radical (unpaired) electrons. The van der Waals surface area contributed by atoms with Crippen LogP contribution in [0.3, 0.4) is 0 Å². The summed E-state index contributed by atoms with van der Waals surface area (Å²) in [5, 5.41) is 0. The minimum Gasteiger partial charge on any atom is -0.330 e. The third-order valence-corrected chi connectivity index (χ3v) is 3.19. The highest BCUT2D eigenvalue weighted by Gasteiger charge is 2.17. The molecule has 1 aliphatic heterocycles. The van der Waals surface area contributed by atoms with Crippen molar-refractivity contribution in [3.05, 3.63) is 0 Å². The number of nitrogens with two attached hydrogens (primary N) is 1. The summed E-state index contributed by atoms with van der Waals surface area (Å²) in [6, 6.07) is 0.719. The average molecular weight is 184 g/mol. The first-order valence-electron chi connectivity index (χ1n) is 5.68. The van der Waals surface area contributed by atoms with Crippen molar-refractivity contribution in [1.29, 1.82) is 0 Å². The van der Waals surface area contributed by atoms with E-state index in [9.17, 15) is 0 Å². The van der Waals surface area contributed by atoms with E-state index in [1.165, 1.54) is 38.8 Å². The maximum Gasteiger partial charge on any atom is 0.00385 e. The van der Waals surface area contributed by atoms with E-state index in [-0.39, 0.29) is 0 Å². The van der Waals surface area contributed by atoms with Gasteiger partial charge >= 0.3 is 0 Å². The van der Waals surface area contributed by atoms with Crippen molar-refractivity contribution >= 4 is 0 Å². The highest BCUT2D eigenvalue weighted by atomic mass is 15.1. The molecule has 0 spiro atoms. The maximum absolute atomic E-state index is 5.59. The van der Waals surface area contributed by atoms with Gasteiger partial charge in [0.1, 0.15) is 0 Å². The van der Waals surface area contributed by atoms with Crippen LogP contribution in [0.5, 0.6) is 0 Å². The summed E-state index contributed by atoms with van der Waals surface area (Å²) in [5.41, 5.74) is 5.59. The fraction of sp³-hybridized carbons (Fsp3) is 1.00. The van der Waals surface area contributed by atoms with Crippen molar-refractivity contribution in [1.82, 2.24) is 4.90 Å². The van der Waals surface area contributed by atoms with E-state index in [0.717, 1.165) is 18.5 Å². The van der Waals surface area contributed by atoms with Crippen molar-refractivity contribution in [2.24, 2.45) is 11.7 Å². The standard InChI is InChI=1S/C11H24N2/c1-10(2)13-8-3-4-11(5-7-12)6-9-13/h10-11H,3-9,12H2,1-2H3. The zero-order chi connectivity index (χ0) is 9.68. The van der Waals surface area contributed by atoms with Crippen molar-refractivity contribution in [2.45, 2.75) is 45.6 Å². The molecule has 1 heterocycles. The Hall–Kier alpha value is -0.0800. The summed E-state index contributed by atoms with van der Waals surface area (Å²) in [6.07, 6.45) is 5.34.